The first-order chi connectivity index (χ1) is 10.3. The molecule has 21 heavy (non-hydrogen) atoms. The fourth-order valence-electron chi connectivity index (χ4n) is 2.70. The molecule has 1 saturated heterocycles. The van der Waals surface area contributed by atoms with Gasteiger partial charge in [0.05, 0.1) is 6.61 Å². The molecule has 0 atom stereocenters. The minimum absolute atomic E-state index is 0.303. The summed E-state index contributed by atoms with van der Waals surface area (Å²) in [5.74, 6) is 1.16. The zero-order valence-corrected chi connectivity index (χ0v) is 12.7. The van der Waals surface area contributed by atoms with Crippen LogP contribution in [-0.4, -0.2) is 30.5 Å². The Balaban J connectivity index is 1.74. The fourth-order valence-corrected chi connectivity index (χ4v) is 2.70. The van der Waals surface area contributed by atoms with Gasteiger partial charge < -0.3 is 15.4 Å². The third-order valence-corrected chi connectivity index (χ3v) is 3.94. The quantitative estimate of drug-likeness (QED) is 0.820. The summed E-state index contributed by atoms with van der Waals surface area (Å²) in [5, 5.41) is 0. The summed E-state index contributed by atoms with van der Waals surface area (Å²) < 4.78 is 5.79. The number of likely N-dealkylation sites (tertiary alicyclic amines) is 1. The van der Waals surface area contributed by atoms with Crippen LogP contribution in [0.5, 0.6) is 5.75 Å². The molecule has 1 amide bonds. The van der Waals surface area contributed by atoms with E-state index in [0.717, 1.165) is 43.7 Å². The maximum Gasteiger partial charge on any atom is 0.222 e. The molecule has 0 saturated carbocycles. The second-order valence-corrected chi connectivity index (χ2v) is 5.56. The predicted octanol–water partition coefficient (Wildman–Crippen LogP) is 2.71. The number of ether oxygens (including phenoxy) is 1. The van der Waals surface area contributed by atoms with Gasteiger partial charge in [0.25, 0.3) is 0 Å². The minimum Gasteiger partial charge on any atom is -0.493 e. The molecule has 0 aliphatic carbocycles. The van der Waals surface area contributed by atoms with E-state index in [2.05, 4.69) is 0 Å². The molecule has 1 fully saturated rings. The van der Waals surface area contributed by atoms with Gasteiger partial charge in [-0.05, 0) is 25.3 Å². The molecule has 2 N–H and O–H groups in total. The van der Waals surface area contributed by atoms with Crippen LogP contribution in [0.1, 0.15) is 44.1 Å². The molecule has 0 bridgehead atoms. The molecule has 1 heterocycles. The number of nitrogens with two attached hydrogens (primary N) is 1. The molecule has 4 nitrogen and oxygen atoms in total. The summed E-state index contributed by atoms with van der Waals surface area (Å²) in [5.41, 5.74) is 6.72. The second kappa shape index (κ2) is 8.67. The highest BCUT2D eigenvalue weighted by molar-refractivity contribution is 5.76. The van der Waals surface area contributed by atoms with E-state index in [1.807, 2.05) is 29.2 Å². The molecule has 0 radical (unpaired) electrons. The Morgan fingerprint density at radius 3 is 2.81 bits per heavy atom. The number of nitrogens with zero attached hydrogens (tertiary/aromatic N) is 1. The largest absolute Gasteiger partial charge is 0.493 e. The molecule has 116 valence electrons. The molecule has 1 aromatic rings. The lowest BCUT2D eigenvalue weighted by Gasteiger charge is -2.24. The molecule has 1 aromatic carbocycles. The van der Waals surface area contributed by atoms with Crippen molar-refractivity contribution in [2.45, 2.75) is 45.1 Å². The SMILES string of the molecule is NCc1ccccc1OCCCN1CCCCCCC1=O. The van der Waals surface area contributed by atoms with Gasteiger partial charge in [-0.15, -0.1) is 0 Å². The van der Waals surface area contributed by atoms with E-state index >= 15 is 0 Å². The Morgan fingerprint density at radius 1 is 1.14 bits per heavy atom. The lowest BCUT2D eigenvalue weighted by molar-refractivity contribution is -0.131. The Labute approximate surface area is 127 Å². The van der Waals surface area contributed by atoms with Gasteiger partial charge in [-0.25, -0.2) is 0 Å². The summed E-state index contributed by atoms with van der Waals surface area (Å²) in [6, 6.07) is 7.85. The van der Waals surface area contributed by atoms with Crippen molar-refractivity contribution >= 4 is 5.91 Å². The highest BCUT2D eigenvalue weighted by atomic mass is 16.5. The zero-order valence-electron chi connectivity index (χ0n) is 12.7. The zero-order chi connectivity index (χ0) is 14.9. The van der Waals surface area contributed by atoms with Crippen LogP contribution in [0.2, 0.25) is 0 Å². The van der Waals surface area contributed by atoms with E-state index < -0.39 is 0 Å². The van der Waals surface area contributed by atoms with Crippen molar-refractivity contribution in [3.8, 4) is 5.75 Å². The van der Waals surface area contributed by atoms with Crippen LogP contribution in [0.25, 0.3) is 0 Å². The number of hydrogen-bond acceptors (Lipinski definition) is 3. The van der Waals surface area contributed by atoms with Gasteiger partial charge in [-0.3, -0.25) is 4.79 Å². The Hall–Kier alpha value is -1.55. The molecular formula is C17H26N2O2. The smallest absolute Gasteiger partial charge is 0.222 e. The molecule has 4 heteroatoms. The normalized spacial score (nSPS) is 16.4. The highest BCUT2D eigenvalue weighted by Gasteiger charge is 2.14. The molecule has 0 aromatic heterocycles. The van der Waals surface area contributed by atoms with Gasteiger partial charge in [0.15, 0.2) is 0 Å². The summed E-state index contributed by atoms with van der Waals surface area (Å²) >= 11 is 0. The number of hydrogen-bond donors (Lipinski definition) is 1. The summed E-state index contributed by atoms with van der Waals surface area (Å²) in [6.45, 7) is 2.81. The van der Waals surface area contributed by atoms with Crippen molar-refractivity contribution in [3.63, 3.8) is 0 Å². The third-order valence-electron chi connectivity index (χ3n) is 3.94. The van der Waals surface area contributed by atoms with Gasteiger partial charge >= 0.3 is 0 Å². The maximum absolute atomic E-state index is 12.0. The maximum atomic E-state index is 12.0. The van der Waals surface area contributed by atoms with Gasteiger partial charge in [0.2, 0.25) is 5.91 Å². The number of benzene rings is 1. The van der Waals surface area contributed by atoms with Crippen molar-refractivity contribution in [2.24, 2.45) is 5.73 Å². The monoisotopic (exact) mass is 290 g/mol. The molecular weight excluding hydrogens is 264 g/mol. The third kappa shape index (κ3) is 5.05. The average Bonchev–Trinajstić information content (AvgIpc) is 2.50. The lowest BCUT2D eigenvalue weighted by atomic mass is 10.1. The van der Waals surface area contributed by atoms with Crippen LogP contribution in [0.4, 0.5) is 0 Å². The van der Waals surface area contributed by atoms with Gasteiger partial charge in [0.1, 0.15) is 5.75 Å². The molecule has 2 rings (SSSR count). The molecule has 0 spiro atoms. The van der Waals surface area contributed by atoms with Crippen LogP contribution in [0, 0.1) is 0 Å². The van der Waals surface area contributed by atoms with E-state index in [1.54, 1.807) is 0 Å². The van der Waals surface area contributed by atoms with E-state index in [1.165, 1.54) is 12.8 Å². The predicted molar refractivity (Wildman–Crippen MR) is 84.1 cm³/mol. The summed E-state index contributed by atoms with van der Waals surface area (Å²) in [7, 11) is 0. The minimum atomic E-state index is 0.303. The summed E-state index contributed by atoms with van der Waals surface area (Å²) in [6.07, 6.45) is 6.17. The van der Waals surface area contributed by atoms with E-state index in [9.17, 15) is 4.79 Å². The van der Waals surface area contributed by atoms with Gasteiger partial charge in [-0.1, -0.05) is 31.0 Å². The standard InChI is InChI=1S/C17H26N2O2/c18-14-15-8-4-5-9-16(15)21-13-7-12-19-11-6-2-1-3-10-17(19)20/h4-5,8-9H,1-3,6-7,10-14,18H2. The Bertz CT molecular complexity index is 448. The number of para-hydroxylation sites is 1. The molecule has 0 unspecified atom stereocenters. The first-order valence-corrected chi connectivity index (χ1v) is 8.00. The van der Waals surface area contributed by atoms with Crippen LogP contribution >= 0.6 is 0 Å². The summed E-state index contributed by atoms with van der Waals surface area (Å²) in [4.78, 5) is 14.0. The van der Waals surface area contributed by atoms with Gasteiger partial charge in [-0.2, -0.15) is 0 Å². The van der Waals surface area contributed by atoms with E-state index in [4.69, 9.17) is 10.5 Å². The first kappa shape index (κ1) is 15.8. The van der Waals surface area contributed by atoms with Crippen LogP contribution in [0.3, 0.4) is 0 Å². The van der Waals surface area contributed by atoms with Crippen molar-refractivity contribution < 1.29 is 9.53 Å². The van der Waals surface area contributed by atoms with Crippen molar-refractivity contribution in [3.05, 3.63) is 29.8 Å². The Kier molecular flexibility index (Phi) is 6.54. The topological polar surface area (TPSA) is 55.6 Å². The van der Waals surface area contributed by atoms with Crippen LogP contribution < -0.4 is 10.5 Å². The number of amides is 1. The lowest BCUT2D eigenvalue weighted by Crippen LogP contribution is -2.34. The number of carbonyl (C=O) groups excluding carboxylic acids is 1. The van der Waals surface area contributed by atoms with E-state index in [0.29, 0.717) is 25.5 Å². The fraction of sp³-hybridized carbons (Fsp3) is 0.588. The highest BCUT2D eigenvalue weighted by Crippen LogP contribution is 2.17. The van der Waals surface area contributed by atoms with Crippen molar-refractivity contribution in [2.75, 3.05) is 19.7 Å². The Morgan fingerprint density at radius 2 is 1.95 bits per heavy atom. The van der Waals surface area contributed by atoms with Crippen LogP contribution in [-0.2, 0) is 11.3 Å². The average molecular weight is 290 g/mol. The van der Waals surface area contributed by atoms with Gasteiger partial charge in [0, 0.05) is 31.6 Å². The second-order valence-electron chi connectivity index (χ2n) is 5.56. The van der Waals surface area contributed by atoms with E-state index in [-0.39, 0.29) is 0 Å². The first-order valence-electron chi connectivity index (χ1n) is 8.00. The van der Waals surface area contributed by atoms with Crippen LogP contribution in [0.15, 0.2) is 24.3 Å². The number of rotatable bonds is 6. The molecule has 1 aliphatic heterocycles. The number of carbonyl (C=O) groups is 1. The van der Waals surface area contributed by atoms with Crippen molar-refractivity contribution in [1.29, 1.82) is 0 Å². The molecule has 1 aliphatic rings. The van der Waals surface area contributed by atoms with Crippen molar-refractivity contribution in [1.82, 2.24) is 4.90 Å².